The van der Waals surface area contributed by atoms with Crippen molar-refractivity contribution in [3.05, 3.63) is 46.5 Å². The summed E-state index contributed by atoms with van der Waals surface area (Å²) in [5, 5.41) is 18.5. The smallest absolute Gasteiger partial charge is 0.147 e. The lowest BCUT2D eigenvalue weighted by Gasteiger charge is -2.22. The molecule has 3 rings (SSSR count). The Labute approximate surface area is 141 Å². The third-order valence-electron chi connectivity index (χ3n) is 4.14. The van der Waals surface area contributed by atoms with Gasteiger partial charge in [-0.3, -0.25) is 4.90 Å². The molecule has 1 saturated carbocycles. The van der Waals surface area contributed by atoms with Crippen molar-refractivity contribution in [3.63, 3.8) is 0 Å². The molecule has 0 saturated heterocycles. The number of hydrogen-bond acceptors (Lipinski definition) is 4. The highest BCUT2D eigenvalue weighted by Crippen LogP contribution is 2.36. The summed E-state index contributed by atoms with van der Waals surface area (Å²) in [5.41, 5.74) is 1.17. The molecule has 23 heavy (non-hydrogen) atoms. The van der Waals surface area contributed by atoms with Gasteiger partial charge in [-0.15, -0.1) is 10.2 Å². The molecular weight excluding hydrogens is 312 g/mol. The van der Waals surface area contributed by atoms with Crippen molar-refractivity contribution < 1.29 is 5.11 Å². The SMILES string of the molecule is Cc1nnc(CN(CCCO)Cc2cccc(Cl)c2)n1C1CC1. The number of aliphatic hydroxyl groups is 1. The zero-order valence-corrected chi connectivity index (χ0v) is 14.2. The number of hydrogen-bond donors (Lipinski definition) is 1. The Morgan fingerprint density at radius 3 is 2.83 bits per heavy atom. The van der Waals surface area contributed by atoms with Crippen LogP contribution in [-0.2, 0) is 13.1 Å². The molecule has 1 N–H and O–H groups in total. The minimum absolute atomic E-state index is 0.195. The van der Waals surface area contributed by atoms with Crippen molar-refractivity contribution in [2.75, 3.05) is 13.2 Å². The first-order chi connectivity index (χ1) is 11.2. The second-order valence-corrected chi connectivity index (χ2v) is 6.62. The van der Waals surface area contributed by atoms with Crippen molar-refractivity contribution in [2.45, 2.75) is 45.3 Å². The molecule has 2 aromatic rings. The van der Waals surface area contributed by atoms with Gasteiger partial charge in [0.15, 0.2) is 0 Å². The van der Waals surface area contributed by atoms with E-state index in [1.165, 1.54) is 18.4 Å². The van der Waals surface area contributed by atoms with Crippen LogP contribution in [0.15, 0.2) is 24.3 Å². The predicted octanol–water partition coefficient (Wildman–Crippen LogP) is 2.96. The van der Waals surface area contributed by atoms with Crippen LogP contribution in [0.4, 0.5) is 0 Å². The maximum atomic E-state index is 9.17. The second-order valence-electron chi connectivity index (χ2n) is 6.18. The predicted molar refractivity (Wildman–Crippen MR) is 90.3 cm³/mol. The number of rotatable bonds is 8. The third kappa shape index (κ3) is 4.31. The van der Waals surface area contributed by atoms with E-state index in [4.69, 9.17) is 16.7 Å². The molecule has 0 amide bonds. The Morgan fingerprint density at radius 1 is 1.30 bits per heavy atom. The molecule has 6 heteroatoms. The Kier molecular flexibility index (Phi) is 5.30. The highest BCUT2D eigenvalue weighted by molar-refractivity contribution is 6.30. The van der Waals surface area contributed by atoms with Gasteiger partial charge in [-0.2, -0.15) is 0 Å². The van der Waals surface area contributed by atoms with E-state index >= 15 is 0 Å². The van der Waals surface area contributed by atoms with E-state index in [0.29, 0.717) is 6.04 Å². The molecule has 1 fully saturated rings. The molecule has 1 aromatic heterocycles. The molecule has 5 nitrogen and oxygen atoms in total. The van der Waals surface area contributed by atoms with Crippen molar-refractivity contribution in [2.24, 2.45) is 0 Å². The summed E-state index contributed by atoms with van der Waals surface area (Å²) in [4.78, 5) is 2.30. The summed E-state index contributed by atoms with van der Waals surface area (Å²) in [7, 11) is 0. The Bertz CT molecular complexity index is 654. The van der Waals surface area contributed by atoms with Crippen LogP contribution in [0.3, 0.4) is 0 Å². The first-order valence-electron chi connectivity index (χ1n) is 8.15. The molecule has 124 valence electrons. The lowest BCUT2D eigenvalue weighted by atomic mass is 10.2. The number of halogens is 1. The lowest BCUT2D eigenvalue weighted by molar-refractivity contribution is 0.207. The van der Waals surface area contributed by atoms with Crippen LogP contribution in [0.2, 0.25) is 5.02 Å². The maximum Gasteiger partial charge on any atom is 0.147 e. The number of nitrogens with zero attached hydrogens (tertiary/aromatic N) is 4. The van der Waals surface area contributed by atoms with Crippen molar-refractivity contribution in [3.8, 4) is 0 Å². The molecule has 1 aliphatic rings. The van der Waals surface area contributed by atoms with E-state index in [-0.39, 0.29) is 6.61 Å². The van der Waals surface area contributed by atoms with Gasteiger partial charge in [-0.25, -0.2) is 0 Å². The van der Waals surface area contributed by atoms with Gasteiger partial charge in [0.05, 0.1) is 6.54 Å². The molecule has 1 aromatic carbocycles. The van der Waals surface area contributed by atoms with Crippen molar-refractivity contribution in [1.82, 2.24) is 19.7 Å². The van der Waals surface area contributed by atoms with Gasteiger partial charge in [0, 0.05) is 30.8 Å². The zero-order chi connectivity index (χ0) is 16.2. The van der Waals surface area contributed by atoms with Crippen LogP contribution in [-0.4, -0.2) is 37.9 Å². The van der Waals surface area contributed by atoms with E-state index in [2.05, 4.69) is 25.7 Å². The summed E-state index contributed by atoms with van der Waals surface area (Å²) >= 11 is 6.09. The molecule has 0 radical (unpaired) electrons. The normalized spacial score (nSPS) is 14.6. The first kappa shape index (κ1) is 16.4. The summed E-state index contributed by atoms with van der Waals surface area (Å²) in [6.07, 6.45) is 3.19. The number of aryl methyl sites for hydroxylation is 1. The van der Waals surface area contributed by atoms with Gasteiger partial charge in [0.2, 0.25) is 0 Å². The highest BCUT2D eigenvalue weighted by atomic mass is 35.5. The number of aliphatic hydroxyl groups excluding tert-OH is 1. The minimum Gasteiger partial charge on any atom is -0.396 e. The molecule has 0 unspecified atom stereocenters. The maximum absolute atomic E-state index is 9.17. The van der Waals surface area contributed by atoms with Gasteiger partial charge in [0.25, 0.3) is 0 Å². The standard InChI is InChI=1S/C17H23ClN4O/c1-13-19-20-17(22(13)16-6-7-16)12-21(8-3-9-23)11-14-4-2-5-15(18)10-14/h2,4-5,10,16,23H,3,6-9,11-12H2,1H3. The molecule has 0 bridgehead atoms. The quantitative estimate of drug-likeness (QED) is 0.806. The van der Waals surface area contributed by atoms with Crippen LogP contribution in [0, 0.1) is 6.92 Å². The average molecular weight is 335 g/mol. The highest BCUT2D eigenvalue weighted by Gasteiger charge is 2.28. The van der Waals surface area contributed by atoms with Crippen molar-refractivity contribution in [1.29, 1.82) is 0 Å². The van der Waals surface area contributed by atoms with E-state index < -0.39 is 0 Å². The summed E-state index contributed by atoms with van der Waals surface area (Å²) < 4.78 is 2.27. The van der Waals surface area contributed by atoms with Gasteiger partial charge in [-0.05, 0) is 43.9 Å². The average Bonchev–Trinajstić information content (AvgIpc) is 3.29. The van der Waals surface area contributed by atoms with Crippen LogP contribution < -0.4 is 0 Å². The number of aromatic nitrogens is 3. The van der Waals surface area contributed by atoms with Crippen LogP contribution in [0.1, 0.15) is 42.5 Å². The Hall–Kier alpha value is -1.43. The monoisotopic (exact) mass is 334 g/mol. The van der Waals surface area contributed by atoms with Crippen LogP contribution in [0.25, 0.3) is 0 Å². The second kappa shape index (κ2) is 7.43. The van der Waals surface area contributed by atoms with Crippen LogP contribution in [0.5, 0.6) is 0 Å². The van der Waals surface area contributed by atoms with E-state index in [1.54, 1.807) is 0 Å². The largest absolute Gasteiger partial charge is 0.396 e. The molecule has 0 atom stereocenters. The number of benzene rings is 1. The molecular formula is C17H23ClN4O. The molecule has 1 aliphatic carbocycles. The van der Waals surface area contributed by atoms with E-state index in [0.717, 1.165) is 42.7 Å². The first-order valence-corrected chi connectivity index (χ1v) is 8.53. The zero-order valence-electron chi connectivity index (χ0n) is 13.5. The lowest BCUT2D eigenvalue weighted by Crippen LogP contribution is -2.26. The van der Waals surface area contributed by atoms with Crippen LogP contribution >= 0.6 is 11.6 Å². The molecule has 0 spiro atoms. The minimum atomic E-state index is 0.195. The fourth-order valence-electron chi connectivity index (χ4n) is 2.93. The fraction of sp³-hybridized carbons (Fsp3) is 0.529. The summed E-state index contributed by atoms with van der Waals surface area (Å²) in [5.74, 6) is 2.01. The Balaban J connectivity index is 1.74. The van der Waals surface area contributed by atoms with E-state index in [1.807, 2.05) is 25.1 Å². The van der Waals surface area contributed by atoms with E-state index in [9.17, 15) is 0 Å². The summed E-state index contributed by atoms with van der Waals surface area (Å²) in [6, 6.07) is 8.50. The van der Waals surface area contributed by atoms with Gasteiger partial charge < -0.3 is 9.67 Å². The van der Waals surface area contributed by atoms with Gasteiger partial charge >= 0.3 is 0 Å². The molecule has 0 aliphatic heterocycles. The molecule has 1 heterocycles. The topological polar surface area (TPSA) is 54.2 Å². The van der Waals surface area contributed by atoms with Crippen molar-refractivity contribution >= 4 is 11.6 Å². The van der Waals surface area contributed by atoms with Gasteiger partial charge in [-0.1, -0.05) is 23.7 Å². The Morgan fingerprint density at radius 2 is 2.13 bits per heavy atom. The third-order valence-corrected chi connectivity index (χ3v) is 4.38. The summed E-state index contributed by atoms with van der Waals surface area (Å²) in [6.45, 7) is 4.56. The fourth-order valence-corrected chi connectivity index (χ4v) is 3.14. The van der Waals surface area contributed by atoms with Gasteiger partial charge in [0.1, 0.15) is 11.6 Å².